The van der Waals surface area contributed by atoms with Gasteiger partial charge in [-0.3, -0.25) is 4.98 Å². The van der Waals surface area contributed by atoms with Crippen molar-refractivity contribution < 1.29 is 0 Å². The minimum Gasteiger partial charge on any atom is -0.349 e. The van der Waals surface area contributed by atoms with Crippen molar-refractivity contribution in [2.45, 2.75) is 46.1 Å². The predicted molar refractivity (Wildman–Crippen MR) is 104 cm³/mol. The van der Waals surface area contributed by atoms with Gasteiger partial charge in [0.05, 0.1) is 11.4 Å². The van der Waals surface area contributed by atoms with Crippen LogP contribution in [0.4, 0.5) is 5.82 Å². The molecule has 3 aromatic heterocycles. The van der Waals surface area contributed by atoms with Crippen LogP contribution in [-0.2, 0) is 6.42 Å². The maximum atomic E-state index is 4.90. The van der Waals surface area contributed by atoms with E-state index in [2.05, 4.69) is 35.2 Å². The molecule has 3 aromatic rings. The van der Waals surface area contributed by atoms with Crippen LogP contribution in [0.1, 0.15) is 49.7 Å². The largest absolute Gasteiger partial charge is 0.349 e. The molecule has 4 rings (SSSR count). The van der Waals surface area contributed by atoms with Gasteiger partial charge in [-0.1, -0.05) is 19.9 Å². The Morgan fingerprint density at radius 1 is 1.32 bits per heavy atom. The maximum Gasteiger partial charge on any atom is 0.141 e. The van der Waals surface area contributed by atoms with Gasteiger partial charge in [0.15, 0.2) is 0 Å². The fraction of sp³-hybridized carbons (Fsp3) is 0.450. The van der Waals surface area contributed by atoms with Gasteiger partial charge in [-0.05, 0) is 54.7 Å². The third kappa shape index (κ3) is 3.13. The Hall–Kier alpha value is -2.01. The summed E-state index contributed by atoms with van der Waals surface area (Å²) in [5.74, 6) is 2.60. The molecule has 1 unspecified atom stereocenters. The molecule has 0 aromatic carbocycles. The van der Waals surface area contributed by atoms with Crippen molar-refractivity contribution in [2.75, 3.05) is 11.4 Å². The molecule has 1 fully saturated rings. The van der Waals surface area contributed by atoms with Gasteiger partial charge in [0.2, 0.25) is 0 Å². The minimum atomic E-state index is 0.359. The van der Waals surface area contributed by atoms with Crippen LogP contribution in [0.25, 0.3) is 10.2 Å². The SMILES string of the molecule is Cc1nc(N2CCCC2c2cccnc2)c2c(CC(C)C)csc2n1. The molecule has 4 nitrogen and oxygen atoms in total. The molecular formula is C20H24N4S. The number of thiophene rings is 1. The zero-order valence-electron chi connectivity index (χ0n) is 15.1. The highest BCUT2D eigenvalue weighted by atomic mass is 32.1. The Bertz CT molecular complexity index is 872. The number of nitrogens with zero attached hydrogens (tertiary/aromatic N) is 4. The van der Waals surface area contributed by atoms with Crippen molar-refractivity contribution in [1.82, 2.24) is 15.0 Å². The van der Waals surface area contributed by atoms with E-state index in [0.717, 1.165) is 35.9 Å². The summed E-state index contributed by atoms with van der Waals surface area (Å²) in [6, 6.07) is 4.57. The molecule has 1 atom stereocenters. The lowest BCUT2D eigenvalue weighted by atomic mass is 10.0. The number of fused-ring (bicyclic) bond motifs is 1. The van der Waals surface area contributed by atoms with E-state index in [4.69, 9.17) is 9.97 Å². The highest BCUT2D eigenvalue weighted by Gasteiger charge is 2.30. The average molecular weight is 353 g/mol. The van der Waals surface area contributed by atoms with Crippen LogP contribution in [0.5, 0.6) is 0 Å². The van der Waals surface area contributed by atoms with Crippen LogP contribution < -0.4 is 4.90 Å². The first-order valence-corrected chi connectivity index (χ1v) is 9.92. The second-order valence-electron chi connectivity index (χ2n) is 7.27. The second-order valence-corrected chi connectivity index (χ2v) is 8.13. The number of hydrogen-bond acceptors (Lipinski definition) is 5. The Balaban J connectivity index is 1.83. The molecule has 1 aliphatic rings. The summed E-state index contributed by atoms with van der Waals surface area (Å²) in [7, 11) is 0. The molecule has 5 heteroatoms. The number of hydrogen-bond donors (Lipinski definition) is 0. The molecule has 0 saturated carbocycles. The van der Waals surface area contributed by atoms with Crippen LogP contribution in [0.3, 0.4) is 0 Å². The van der Waals surface area contributed by atoms with Gasteiger partial charge < -0.3 is 4.90 Å². The van der Waals surface area contributed by atoms with Gasteiger partial charge in [-0.25, -0.2) is 9.97 Å². The third-order valence-corrected chi connectivity index (χ3v) is 5.75. The fourth-order valence-corrected chi connectivity index (χ4v) is 4.82. The summed E-state index contributed by atoms with van der Waals surface area (Å²) in [6.07, 6.45) is 7.25. The van der Waals surface area contributed by atoms with Crippen molar-refractivity contribution in [1.29, 1.82) is 0 Å². The van der Waals surface area contributed by atoms with Gasteiger partial charge >= 0.3 is 0 Å². The molecule has 25 heavy (non-hydrogen) atoms. The van der Waals surface area contributed by atoms with E-state index in [9.17, 15) is 0 Å². The number of anilines is 1. The Morgan fingerprint density at radius 3 is 2.96 bits per heavy atom. The Morgan fingerprint density at radius 2 is 2.20 bits per heavy atom. The number of rotatable bonds is 4. The zero-order chi connectivity index (χ0) is 17.4. The van der Waals surface area contributed by atoms with Crippen molar-refractivity contribution >= 4 is 27.4 Å². The molecule has 0 radical (unpaired) electrons. The summed E-state index contributed by atoms with van der Waals surface area (Å²) in [4.78, 5) is 17.5. The lowest BCUT2D eigenvalue weighted by Crippen LogP contribution is -2.24. The van der Waals surface area contributed by atoms with E-state index in [-0.39, 0.29) is 0 Å². The topological polar surface area (TPSA) is 41.9 Å². The van der Waals surface area contributed by atoms with Crippen molar-refractivity contribution in [2.24, 2.45) is 5.92 Å². The quantitative estimate of drug-likeness (QED) is 0.667. The summed E-state index contributed by atoms with van der Waals surface area (Å²) in [6.45, 7) is 7.58. The lowest BCUT2D eigenvalue weighted by molar-refractivity contribution is 0.650. The van der Waals surface area contributed by atoms with Gasteiger partial charge in [0.1, 0.15) is 16.5 Å². The fourth-order valence-electron chi connectivity index (χ4n) is 3.82. The van der Waals surface area contributed by atoms with E-state index >= 15 is 0 Å². The first-order valence-electron chi connectivity index (χ1n) is 9.04. The van der Waals surface area contributed by atoms with Gasteiger partial charge in [-0.15, -0.1) is 11.3 Å². The summed E-state index contributed by atoms with van der Waals surface area (Å²) in [5, 5.41) is 3.54. The molecule has 0 bridgehead atoms. The smallest absolute Gasteiger partial charge is 0.141 e. The van der Waals surface area contributed by atoms with Crippen molar-refractivity contribution in [3.05, 3.63) is 46.9 Å². The molecule has 4 heterocycles. The average Bonchev–Trinajstić information content (AvgIpc) is 3.22. The summed E-state index contributed by atoms with van der Waals surface area (Å²) >= 11 is 1.75. The van der Waals surface area contributed by atoms with E-state index in [0.29, 0.717) is 12.0 Å². The highest BCUT2D eigenvalue weighted by molar-refractivity contribution is 7.17. The van der Waals surface area contributed by atoms with Crippen LogP contribution >= 0.6 is 11.3 Å². The molecule has 1 saturated heterocycles. The highest BCUT2D eigenvalue weighted by Crippen LogP contribution is 2.40. The molecule has 1 aliphatic heterocycles. The summed E-state index contributed by atoms with van der Waals surface area (Å²) < 4.78 is 0. The molecule has 130 valence electrons. The van der Waals surface area contributed by atoms with Crippen LogP contribution in [0, 0.1) is 12.8 Å². The van der Waals surface area contributed by atoms with Crippen molar-refractivity contribution in [3.63, 3.8) is 0 Å². The predicted octanol–water partition coefficient (Wildman–Crippen LogP) is 4.93. The second kappa shape index (κ2) is 6.71. The molecular weight excluding hydrogens is 328 g/mol. The molecule has 0 N–H and O–H groups in total. The number of aryl methyl sites for hydroxylation is 1. The van der Waals surface area contributed by atoms with E-state index < -0.39 is 0 Å². The first-order chi connectivity index (χ1) is 12.1. The minimum absolute atomic E-state index is 0.359. The zero-order valence-corrected chi connectivity index (χ0v) is 15.9. The summed E-state index contributed by atoms with van der Waals surface area (Å²) in [5.41, 5.74) is 2.67. The van der Waals surface area contributed by atoms with E-state index in [1.807, 2.05) is 25.4 Å². The van der Waals surface area contributed by atoms with E-state index in [1.165, 1.54) is 22.9 Å². The molecule has 0 amide bonds. The molecule has 0 spiro atoms. The van der Waals surface area contributed by atoms with Gasteiger partial charge in [0, 0.05) is 18.9 Å². The number of pyridine rings is 1. The lowest BCUT2D eigenvalue weighted by Gasteiger charge is -2.27. The van der Waals surface area contributed by atoms with E-state index in [1.54, 1.807) is 11.3 Å². The standard InChI is InChI=1S/C20H24N4S/c1-13(2)10-16-12-25-20-18(16)19(22-14(3)23-20)24-9-5-7-17(24)15-6-4-8-21-11-15/h4,6,8,11-13,17H,5,7,9-10H2,1-3H3. The first kappa shape index (κ1) is 16.5. The Kier molecular flexibility index (Phi) is 4.42. The van der Waals surface area contributed by atoms with Crippen LogP contribution in [0.15, 0.2) is 29.9 Å². The van der Waals surface area contributed by atoms with Gasteiger partial charge in [-0.2, -0.15) is 0 Å². The third-order valence-electron chi connectivity index (χ3n) is 4.82. The van der Waals surface area contributed by atoms with Crippen molar-refractivity contribution in [3.8, 4) is 0 Å². The maximum absolute atomic E-state index is 4.90. The van der Waals surface area contributed by atoms with Crippen LogP contribution in [0.2, 0.25) is 0 Å². The normalized spacial score (nSPS) is 17.8. The monoisotopic (exact) mass is 352 g/mol. The van der Waals surface area contributed by atoms with Gasteiger partial charge in [0.25, 0.3) is 0 Å². The number of aromatic nitrogens is 3. The Labute approximate surface area is 153 Å². The molecule has 0 aliphatic carbocycles. The van der Waals surface area contributed by atoms with Crippen LogP contribution in [-0.4, -0.2) is 21.5 Å².